The Morgan fingerprint density at radius 2 is 1.90 bits per heavy atom. The smallest absolute Gasteiger partial charge is 0.452 e. The molecular weight excluding hydrogens is 407 g/mol. The standard InChI is InChI=1S/C12H8Br2F3NO2/c13-9-5-7(1-3-10(9)20-12(15,16)17)18-6-8-2-4-11(14)19-8/h1-5,18H,6H2. The molecule has 0 fully saturated rings. The lowest BCUT2D eigenvalue weighted by atomic mass is 10.3. The Morgan fingerprint density at radius 3 is 2.45 bits per heavy atom. The minimum atomic E-state index is -4.71. The van der Waals surface area contributed by atoms with Gasteiger partial charge in [0.1, 0.15) is 11.5 Å². The van der Waals surface area contributed by atoms with Crippen LogP contribution < -0.4 is 10.1 Å². The molecule has 0 saturated heterocycles. The average molecular weight is 415 g/mol. The summed E-state index contributed by atoms with van der Waals surface area (Å²) in [6.45, 7) is 0.414. The first kappa shape index (κ1) is 15.2. The summed E-state index contributed by atoms with van der Waals surface area (Å²) >= 11 is 6.22. The highest BCUT2D eigenvalue weighted by molar-refractivity contribution is 9.10. The number of alkyl halides is 3. The molecule has 0 amide bonds. The molecule has 108 valence electrons. The number of nitrogens with one attached hydrogen (secondary N) is 1. The van der Waals surface area contributed by atoms with E-state index in [1.807, 2.05) is 0 Å². The molecule has 1 aromatic carbocycles. The molecule has 0 aliphatic rings. The van der Waals surface area contributed by atoms with Gasteiger partial charge in [0.2, 0.25) is 0 Å². The Bertz CT molecular complexity index is 599. The van der Waals surface area contributed by atoms with Gasteiger partial charge in [-0.1, -0.05) is 0 Å². The first-order valence-corrected chi connectivity index (χ1v) is 6.95. The zero-order valence-electron chi connectivity index (χ0n) is 9.80. The van der Waals surface area contributed by atoms with E-state index >= 15 is 0 Å². The van der Waals surface area contributed by atoms with Crippen molar-refractivity contribution in [2.24, 2.45) is 0 Å². The molecule has 0 spiro atoms. The first-order valence-electron chi connectivity index (χ1n) is 5.37. The highest BCUT2D eigenvalue weighted by Crippen LogP contribution is 2.32. The van der Waals surface area contributed by atoms with Gasteiger partial charge in [-0.3, -0.25) is 0 Å². The second-order valence-electron chi connectivity index (χ2n) is 3.75. The van der Waals surface area contributed by atoms with Crippen LogP contribution in [0.2, 0.25) is 0 Å². The van der Waals surface area contributed by atoms with E-state index in [-0.39, 0.29) is 10.2 Å². The Labute approximate surface area is 129 Å². The van der Waals surface area contributed by atoms with Crippen molar-refractivity contribution in [2.45, 2.75) is 12.9 Å². The minimum absolute atomic E-state index is 0.209. The molecule has 0 aliphatic heterocycles. The molecule has 3 nitrogen and oxygen atoms in total. The molecule has 0 radical (unpaired) electrons. The van der Waals surface area contributed by atoms with Gasteiger partial charge in [0.15, 0.2) is 4.67 Å². The van der Waals surface area contributed by atoms with Crippen molar-refractivity contribution in [1.82, 2.24) is 0 Å². The number of hydrogen-bond donors (Lipinski definition) is 1. The summed E-state index contributed by atoms with van der Waals surface area (Å²) in [6.07, 6.45) is -4.71. The number of ether oxygens (including phenoxy) is 1. The largest absolute Gasteiger partial charge is 0.573 e. The lowest BCUT2D eigenvalue weighted by molar-refractivity contribution is -0.274. The van der Waals surface area contributed by atoms with Crippen LogP contribution in [0.25, 0.3) is 0 Å². The van der Waals surface area contributed by atoms with Gasteiger partial charge in [0.25, 0.3) is 0 Å². The minimum Gasteiger partial charge on any atom is -0.452 e. The molecule has 0 atom stereocenters. The average Bonchev–Trinajstić information content (AvgIpc) is 2.74. The van der Waals surface area contributed by atoms with E-state index in [0.29, 0.717) is 22.7 Å². The van der Waals surface area contributed by atoms with Gasteiger partial charge in [0.05, 0.1) is 11.0 Å². The molecule has 0 aliphatic carbocycles. The highest BCUT2D eigenvalue weighted by Gasteiger charge is 2.31. The maximum Gasteiger partial charge on any atom is 0.573 e. The molecule has 0 unspecified atom stereocenters. The molecular formula is C12H8Br2F3NO2. The molecule has 0 bridgehead atoms. The van der Waals surface area contributed by atoms with Gasteiger partial charge in [0, 0.05) is 5.69 Å². The van der Waals surface area contributed by atoms with Gasteiger partial charge in [-0.25, -0.2) is 0 Å². The van der Waals surface area contributed by atoms with Crippen LogP contribution in [0.4, 0.5) is 18.9 Å². The van der Waals surface area contributed by atoms with Crippen molar-refractivity contribution < 1.29 is 22.3 Å². The summed E-state index contributed by atoms with van der Waals surface area (Å²) in [5.74, 6) is 0.410. The van der Waals surface area contributed by atoms with Crippen LogP contribution in [0, 0.1) is 0 Å². The van der Waals surface area contributed by atoms with Gasteiger partial charge in [-0.15, -0.1) is 13.2 Å². The van der Waals surface area contributed by atoms with Crippen LogP contribution in [-0.2, 0) is 6.54 Å². The van der Waals surface area contributed by atoms with Crippen molar-refractivity contribution in [2.75, 3.05) is 5.32 Å². The summed E-state index contributed by atoms with van der Waals surface area (Å²) < 4.78 is 46.3. The Morgan fingerprint density at radius 1 is 1.15 bits per heavy atom. The fourth-order valence-corrected chi connectivity index (χ4v) is 2.25. The van der Waals surface area contributed by atoms with Crippen LogP contribution in [-0.4, -0.2) is 6.36 Å². The van der Waals surface area contributed by atoms with Crippen LogP contribution in [0.15, 0.2) is 43.9 Å². The SMILES string of the molecule is FC(F)(F)Oc1ccc(NCc2ccc(Br)o2)cc1Br. The van der Waals surface area contributed by atoms with Crippen LogP contribution in [0.3, 0.4) is 0 Å². The molecule has 0 saturated carbocycles. The number of halogens is 5. The summed E-state index contributed by atoms with van der Waals surface area (Å²) in [4.78, 5) is 0. The highest BCUT2D eigenvalue weighted by atomic mass is 79.9. The summed E-state index contributed by atoms with van der Waals surface area (Å²) in [5.41, 5.74) is 0.638. The number of rotatable bonds is 4. The maximum atomic E-state index is 12.1. The second-order valence-corrected chi connectivity index (χ2v) is 5.39. The molecule has 1 N–H and O–H groups in total. The molecule has 20 heavy (non-hydrogen) atoms. The van der Waals surface area contributed by atoms with Gasteiger partial charge < -0.3 is 14.5 Å². The first-order chi connectivity index (χ1) is 9.33. The van der Waals surface area contributed by atoms with Crippen LogP contribution >= 0.6 is 31.9 Å². The molecule has 2 aromatic rings. The fraction of sp³-hybridized carbons (Fsp3) is 0.167. The zero-order chi connectivity index (χ0) is 14.8. The maximum absolute atomic E-state index is 12.1. The third-order valence-corrected chi connectivity index (χ3v) is 3.30. The van der Waals surface area contributed by atoms with E-state index in [4.69, 9.17) is 4.42 Å². The summed E-state index contributed by atoms with van der Waals surface area (Å²) in [5, 5.41) is 3.02. The van der Waals surface area contributed by atoms with E-state index in [2.05, 4.69) is 41.9 Å². The fourth-order valence-electron chi connectivity index (χ4n) is 1.45. The third kappa shape index (κ3) is 4.45. The van der Waals surface area contributed by atoms with Crippen molar-refractivity contribution in [3.8, 4) is 5.75 Å². The Hall–Kier alpha value is -1.15. The van der Waals surface area contributed by atoms with E-state index in [0.717, 1.165) is 0 Å². The van der Waals surface area contributed by atoms with Crippen molar-refractivity contribution in [1.29, 1.82) is 0 Å². The molecule has 2 rings (SSSR count). The summed E-state index contributed by atoms with van der Waals surface area (Å²) in [6, 6.07) is 7.77. The summed E-state index contributed by atoms with van der Waals surface area (Å²) in [7, 11) is 0. The molecule has 1 aromatic heterocycles. The lowest BCUT2D eigenvalue weighted by Gasteiger charge is -2.12. The second kappa shape index (κ2) is 6.09. The topological polar surface area (TPSA) is 34.4 Å². The van der Waals surface area contributed by atoms with Crippen LogP contribution in [0.1, 0.15) is 5.76 Å². The number of hydrogen-bond acceptors (Lipinski definition) is 3. The predicted molar refractivity (Wildman–Crippen MR) is 74.6 cm³/mol. The predicted octanol–water partition coefficient (Wildman–Crippen LogP) is 5.32. The third-order valence-electron chi connectivity index (χ3n) is 2.25. The van der Waals surface area contributed by atoms with Crippen molar-refractivity contribution >= 4 is 37.5 Å². The monoisotopic (exact) mass is 413 g/mol. The quantitative estimate of drug-likeness (QED) is 0.735. The number of anilines is 1. The van der Waals surface area contributed by atoms with Crippen molar-refractivity contribution in [3.05, 3.63) is 45.2 Å². The van der Waals surface area contributed by atoms with Gasteiger partial charge in [-0.05, 0) is 62.2 Å². The van der Waals surface area contributed by atoms with E-state index in [1.54, 1.807) is 12.1 Å². The van der Waals surface area contributed by atoms with E-state index in [1.165, 1.54) is 18.2 Å². The van der Waals surface area contributed by atoms with Crippen LogP contribution in [0.5, 0.6) is 5.75 Å². The molecule has 8 heteroatoms. The van der Waals surface area contributed by atoms with Crippen molar-refractivity contribution in [3.63, 3.8) is 0 Å². The Kier molecular flexibility index (Phi) is 4.64. The van der Waals surface area contributed by atoms with E-state index in [9.17, 15) is 13.2 Å². The van der Waals surface area contributed by atoms with Gasteiger partial charge in [-0.2, -0.15) is 0 Å². The number of benzene rings is 1. The van der Waals surface area contributed by atoms with Gasteiger partial charge >= 0.3 is 6.36 Å². The normalized spacial score (nSPS) is 11.4. The number of furan rings is 1. The molecule has 1 heterocycles. The van der Waals surface area contributed by atoms with E-state index < -0.39 is 6.36 Å². The zero-order valence-corrected chi connectivity index (χ0v) is 13.0. The lowest BCUT2D eigenvalue weighted by Crippen LogP contribution is -2.17. The Balaban J connectivity index is 2.01.